The van der Waals surface area contributed by atoms with E-state index in [2.05, 4.69) is 88.4 Å². The molecule has 1 saturated heterocycles. The lowest BCUT2D eigenvalue weighted by Crippen LogP contribution is -2.43. The summed E-state index contributed by atoms with van der Waals surface area (Å²) in [7, 11) is 3.96. The van der Waals surface area contributed by atoms with Crippen molar-refractivity contribution in [1.29, 1.82) is 0 Å². The summed E-state index contributed by atoms with van der Waals surface area (Å²) in [6, 6.07) is 6.69. The van der Waals surface area contributed by atoms with Gasteiger partial charge >= 0.3 is 0 Å². The maximum atomic E-state index is 5.23. The second-order valence-electron chi connectivity index (χ2n) is 10.8. The highest BCUT2D eigenvalue weighted by Crippen LogP contribution is 2.37. The molecule has 1 N–H and O–H groups in total. The fraction of sp³-hybridized carbons (Fsp3) is 0.433. The number of piperidine rings is 1. The number of H-pyrrole nitrogens is 1. The van der Waals surface area contributed by atoms with Gasteiger partial charge in [-0.05, 0) is 69.0 Å². The van der Waals surface area contributed by atoms with Crippen LogP contribution in [0.15, 0.2) is 46.9 Å². The molecule has 0 bridgehead atoms. The number of aromatic amines is 1. The van der Waals surface area contributed by atoms with Gasteiger partial charge in [-0.1, -0.05) is 13.8 Å². The second kappa shape index (κ2) is 11.1. The standard InChI is InChI=1S/C30H39N9/c1-19(2)27-28(23-17-39(32-6)30(31-5)21(4)20(23)3)35-24-9-10-26(36-29(24)27)38-15-11-22(12-16-38)37(7)18-25-33-13-8-14-34-25/h8-10,13-14,17,19,22,35H,6,11-12,15-16,18H2,1-5,7H3. The van der Waals surface area contributed by atoms with E-state index >= 15 is 0 Å². The van der Waals surface area contributed by atoms with Gasteiger partial charge in [0.05, 0.1) is 23.3 Å². The van der Waals surface area contributed by atoms with Crippen molar-refractivity contribution in [3.05, 3.63) is 64.8 Å². The lowest BCUT2D eigenvalue weighted by atomic mass is 9.95. The molecule has 4 aromatic heterocycles. The average Bonchev–Trinajstić information content (AvgIpc) is 3.34. The monoisotopic (exact) mass is 525 g/mol. The number of hydrogen-bond acceptors (Lipinski definition) is 7. The Bertz CT molecular complexity index is 1540. The van der Waals surface area contributed by atoms with Crippen molar-refractivity contribution in [3.63, 3.8) is 0 Å². The zero-order chi connectivity index (χ0) is 27.7. The summed E-state index contributed by atoms with van der Waals surface area (Å²) >= 11 is 0. The quantitative estimate of drug-likeness (QED) is 0.355. The van der Waals surface area contributed by atoms with Crippen LogP contribution >= 0.6 is 0 Å². The average molecular weight is 526 g/mol. The van der Waals surface area contributed by atoms with Crippen molar-refractivity contribution >= 4 is 23.6 Å². The molecule has 4 aromatic rings. The van der Waals surface area contributed by atoms with Crippen LogP contribution in [-0.4, -0.2) is 69.5 Å². The Morgan fingerprint density at radius 1 is 1.13 bits per heavy atom. The van der Waals surface area contributed by atoms with Gasteiger partial charge in [0.15, 0.2) is 5.49 Å². The molecule has 0 unspecified atom stereocenters. The fourth-order valence-corrected chi connectivity index (χ4v) is 5.78. The molecule has 0 atom stereocenters. The third-order valence-electron chi connectivity index (χ3n) is 8.07. The van der Waals surface area contributed by atoms with Crippen molar-refractivity contribution in [1.82, 2.24) is 29.5 Å². The summed E-state index contributed by atoms with van der Waals surface area (Å²) in [5, 5.41) is 4.20. The van der Waals surface area contributed by atoms with Gasteiger partial charge in [-0.2, -0.15) is 5.10 Å². The SMILES string of the molecule is C=Nn1cc(-c2[nH]c3ccc(N4CCC(N(C)Cc5ncccn5)CC4)nc3c2C(C)C)c(C)c(C)c1=NC. The topological polar surface area (TPSA) is 90.6 Å². The number of fused-ring (bicyclic) bond motifs is 1. The van der Waals surface area contributed by atoms with Gasteiger partial charge in [0.2, 0.25) is 0 Å². The van der Waals surface area contributed by atoms with Crippen molar-refractivity contribution in [2.45, 2.75) is 59.0 Å². The molecule has 0 spiro atoms. The van der Waals surface area contributed by atoms with Gasteiger partial charge in [0.25, 0.3) is 0 Å². The highest BCUT2D eigenvalue weighted by molar-refractivity contribution is 5.90. The van der Waals surface area contributed by atoms with Crippen molar-refractivity contribution in [2.75, 3.05) is 32.1 Å². The number of anilines is 1. The third-order valence-corrected chi connectivity index (χ3v) is 8.07. The zero-order valence-corrected chi connectivity index (χ0v) is 23.9. The first-order chi connectivity index (χ1) is 18.8. The van der Waals surface area contributed by atoms with Gasteiger partial charge in [0, 0.05) is 62.6 Å². The summed E-state index contributed by atoms with van der Waals surface area (Å²) in [5.74, 6) is 2.20. The van der Waals surface area contributed by atoms with Gasteiger partial charge in [-0.3, -0.25) is 9.89 Å². The van der Waals surface area contributed by atoms with E-state index in [0.29, 0.717) is 6.04 Å². The molecule has 1 fully saturated rings. The van der Waals surface area contributed by atoms with E-state index in [1.165, 1.54) is 11.1 Å². The van der Waals surface area contributed by atoms with E-state index in [-0.39, 0.29) is 5.92 Å². The van der Waals surface area contributed by atoms with Crippen molar-refractivity contribution in [3.8, 4) is 11.3 Å². The number of pyridine rings is 2. The summed E-state index contributed by atoms with van der Waals surface area (Å²) in [4.78, 5) is 26.9. The lowest BCUT2D eigenvalue weighted by molar-refractivity contribution is 0.196. The predicted octanol–water partition coefficient (Wildman–Crippen LogP) is 4.66. The van der Waals surface area contributed by atoms with Gasteiger partial charge in [-0.25, -0.2) is 19.6 Å². The van der Waals surface area contributed by atoms with Crippen LogP contribution in [0.4, 0.5) is 5.82 Å². The molecule has 9 nitrogen and oxygen atoms in total. The number of rotatable bonds is 7. The molecular weight excluding hydrogens is 486 g/mol. The molecule has 1 aliphatic rings. The van der Waals surface area contributed by atoms with Crippen LogP contribution in [0.3, 0.4) is 0 Å². The fourth-order valence-electron chi connectivity index (χ4n) is 5.78. The minimum atomic E-state index is 0.288. The number of aromatic nitrogens is 5. The molecule has 0 aliphatic carbocycles. The minimum Gasteiger partial charge on any atom is -0.356 e. The molecular formula is C30H39N9. The first-order valence-corrected chi connectivity index (χ1v) is 13.7. The number of hydrogen-bond donors (Lipinski definition) is 1. The second-order valence-corrected chi connectivity index (χ2v) is 10.8. The minimum absolute atomic E-state index is 0.288. The number of nitrogens with one attached hydrogen (secondary N) is 1. The van der Waals surface area contributed by atoms with Gasteiger partial charge < -0.3 is 9.88 Å². The normalized spacial score (nSPS) is 15.2. The first-order valence-electron chi connectivity index (χ1n) is 13.7. The highest BCUT2D eigenvalue weighted by Gasteiger charge is 2.25. The van der Waals surface area contributed by atoms with Crippen LogP contribution in [0.25, 0.3) is 22.3 Å². The lowest BCUT2D eigenvalue weighted by Gasteiger charge is -2.37. The van der Waals surface area contributed by atoms with Crippen molar-refractivity contribution < 1.29 is 0 Å². The predicted molar refractivity (Wildman–Crippen MR) is 158 cm³/mol. The zero-order valence-electron chi connectivity index (χ0n) is 23.9. The van der Waals surface area contributed by atoms with Crippen LogP contribution in [0, 0.1) is 13.8 Å². The summed E-state index contributed by atoms with van der Waals surface area (Å²) in [5.41, 5.74) is 8.59. The smallest absolute Gasteiger partial charge is 0.151 e. The summed E-state index contributed by atoms with van der Waals surface area (Å²) in [6.45, 7) is 15.2. The molecule has 0 amide bonds. The Labute approximate surface area is 230 Å². The third kappa shape index (κ3) is 5.11. The number of nitrogens with zero attached hydrogens (tertiary/aromatic N) is 8. The molecule has 5 heterocycles. The Morgan fingerprint density at radius 3 is 2.49 bits per heavy atom. The summed E-state index contributed by atoms with van der Waals surface area (Å²) in [6.07, 6.45) is 7.81. The van der Waals surface area contributed by atoms with Gasteiger partial charge in [0.1, 0.15) is 11.6 Å². The van der Waals surface area contributed by atoms with E-state index in [4.69, 9.17) is 4.98 Å². The van der Waals surface area contributed by atoms with E-state index in [9.17, 15) is 0 Å². The molecule has 0 aromatic carbocycles. The van der Waals surface area contributed by atoms with E-state index in [1.54, 1.807) is 11.7 Å². The molecule has 1 aliphatic heterocycles. The Kier molecular flexibility index (Phi) is 7.61. The van der Waals surface area contributed by atoms with E-state index in [0.717, 1.165) is 77.5 Å². The highest BCUT2D eigenvalue weighted by atomic mass is 15.3. The van der Waals surface area contributed by atoms with Crippen LogP contribution in [0.1, 0.15) is 55.1 Å². The van der Waals surface area contributed by atoms with Gasteiger partial charge in [-0.15, -0.1) is 0 Å². The maximum absolute atomic E-state index is 5.23. The maximum Gasteiger partial charge on any atom is 0.151 e. The Morgan fingerprint density at radius 2 is 1.85 bits per heavy atom. The molecule has 9 heteroatoms. The van der Waals surface area contributed by atoms with Crippen LogP contribution in [0.2, 0.25) is 0 Å². The molecule has 0 saturated carbocycles. The molecule has 39 heavy (non-hydrogen) atoms. The Balaban J connectivity index is 1.43. The molecule has 5 rings (SSSR count). The van der Waals surface area contributed by atoms with Crippen LogP contribution < -0.4 is 10.4 Å². The summed E-state index contributed by atoms with van der Waals surface area (Å²) < 4.78 is 1.76. The van der Waals surface area contributed by atoms with Crippen LogP contribution in [-0.2, 0) is 6.54 Å². The van der Waals surface area contributed by atoms with E-state index < -0.39 is 0 Å². The first kappa shape index (κ1) is 26.7. The van der Waals surface area contributed by atoms with Crippen molar-refractivity contribution in [2.24, 2.45) is 10.1 Å². The largest absolute Gasteiger partial charge is 0.356 e. The Hall–Kier alpha value is -3.85. The molecule has 0 radical (unpaired) electrons. The van der Waals surface area contributed by atoms with E-state index in [1.807, 2.05) is 24.7 Å². The van der Waals surface area contributed by atoms with Crippen LogP contribution in [0.5, 0.6) is 0 Å². The molecule has 204 valence electrons.